The lowest BCUT2D eigenvalue weighted by Crippen LogP contribution is -2.06. The molecule has 0 bridgehead atoms. The lowest BCUT2D eigenvalue weighted by atomic mass is 10.1. The number of ether oxygens (including phenoxy) is 1. The van der Waals surface area contributed by atoms with E-state index in [1.165, 1.54) is 25.3 Å². The Morgan fingerprint density at radius 1 is 1.47 bits per heavy atom. The zero-order valence-corrected chi connectivity index (χ0v) is 9.14. The van der Waals surface area contributed by atoms with Crippen molar-refractivity contribution < 1.29 is 23.8 Å². The lowest BCUT2D eigenvalue weighted by Gasteiger charge is -2.04. The maximum atomic E-state index is 13.3. The number of rotatable bonds is 3. The molecule has 0 spiro atoms. The number of hydrogen-bond acceptors (Lipinski definition) is 3. The largest absolute Gasteiger partial charge is 0.481 e. The summed E-state index contributed by atoms with van der Waals surface area (Å²) in [6.07, 6.45) is 0.529. The molecular formula is C12H11FO4. The number of halogens is 1. The third kappa shape index (κ3) is 2.13. The number of carboxylic acids is 1. The molecule has 1 N–H and O–H groups in total. The van der Waals surface area contributed by atoms with E-state index in [9.17, 15) is 14.0 Å². The fraction of sp³-hybridized carbons (Fsp3) is 0.333. The second-order valence-electron chi connectivity index (χ2n) is 4.02. The van der Waals surface area contributed by atoms with Crippen molar-refractivity contribution in [2.45, 2.75) is 12.3 Å². The summed E-state index contributed by atoms with van der Waals surface area (Å²) in [5.74, 6) is -2.83. The van der Waals surface area contributed by atoms with E-state index in [0.717, 1.165) is 0 Å². The van der Waals surface area contributed by atoms with Crippen LogP contribution in [-0.2, 0) is 9.53 Å². The van der Waals surface area contributed by atoms with Crippen molar-refractivity contribution in [1.29, 1.82) is 0 Å². The topological polar surface area (TPSA) is 63.6 Å². The Labute approximate surface area is 97.0 Å². The Bertz CT molecular complexity index is 483. The highest BCUT2D eigenvalue weighted by Crippen LogP contribution is 2.47. The van der Waals surface area contributed by atoms with Gasteiger partial charge in [0.1, 0.15) is 5.82 Å². The molecule has 1 saturated carbocycles. The second kappa shape index (κ2) is 4.16. The zero-order chi connectivity index (χ0) is 12.6. The first kappa shape index (κ1) is 11.6. The van der Waals surface area contributed by atoms with Crippen molar-refractivity contribution in [3.8, 4) is 0 Å². The first-order valence-electron chi connectivity index (χ1n) is 5.15. The number of benzene rings is 1. The van der Waals surface area contributed by atoms with Crippen molar-refractivity contribution in [3.05, 3.63) is 35.1 Å². The van der Waals surface area contributed by atoms with Crippen molar-refractivity contribution in [2.24, 2.45) is 5.92 Å². The molecule has 1 aromatic rings. The number of methoxy groups -OCH3 is 1. The van der Waals surface area contributed by atoms with E-state index < -0.39 is 23.7 Å². The Kier molecular flexibility index (Phi) is 2.83. The van der Waals surface area contributed by atoms with Crippen LogP contribution in [0, 0.1) is 11.7 Å². The van der Waals surface area contributed by atoms with Gasteiger partial charge in [0.05, 0.1) is 18.6 Å². The average molecular weight is 238 g/mol. The number of carbonyl (C=O) groups excluding carboxylic acids is 1. The number of esters is 1. The molecule has 1 aromatic carbocycles. The van der Waals surface area contributed by atoms with Crippen LogP contribution in [0.1, 0.15) is 28.3 Å². The van der Waals surface area contributed by atoms with E-state index in [2.05, 4.69) is 4.74 Å². The van der Waals surface area contributed by atoms with Gasteiger partial charge in [-0.15, -0.1) is 0 Å². The molecule has 2 rings (SSSR count). The maximum Gasteiger partial charge on any atom is 0.340 e. The molecule has 1 fully saturated rings. The van der Waals surface area contributed by atoms with Gasteiger partial charge < -0.3 is 9.84 Å². The Balaban J connectivity index is 2.27. The second-order valence-corrected chi connectivity index (χ2v) is 4.02. The standard InChI is InChI=1S/C12H11FO4/c1-17-12(16)9-4-6(2-3-10(9)13)7-5-8(7)11(14)15/h2-4,7-8H,5H2,1H3,(H,14,15). The quantitative estimate of drug-likeness (QED) is 0.815. The number of aliphatic carboxylic acids is 1. The van der Waals surface area contributed by atoms with Crippen molar-refractivity contribution in [2.75, 3.05) is 7.11 Å². The number of hydrogen-bond donors (Lipinski definition) is 1. The third-order valence-corrected chi connectivity index (χ3v) is 2.93. The Morgan fingerprint density at radius 3 is 2.71 bits per heavy atom. The molecule has 0 saturated heterocycles. The molecule has 17 heavy (non-hydrogen) atoms. The molecule has 0 amide bonds. The summed E-state index contributed by atoms with van der Waals surface area (Å²) in [5.41, 5.74) is 0.514. The molecule has 5 heteroatoms. The van der Waals surface area contributed by atoms with E-state index in [4.69, 9.17) is 5.11 Å². The predicted molar refractivity (Wildman–Crippen MR) is 56.2 cm³/mol. The average Bonchev–Trinajstić information content (AvgIpc) is 3.09. The van der Waals surface area contributed by atoms with Crippen LogP contribution in [0.25, 0.3) is 0 Å². The molecule has 90 valence electrons. The van der Waals surface area contributed by atoms with Gasteiger partial charge in [-0.3, -0.25) is 4.79 Å². The molecule has 4 nitrogen and oxygen atoms in total. The fourth-order valence-electron chi connectivity index (χ4n) is 1.88. The maximum absolute atomic E-state index is 13.3. The van der Waals surface area contributed by atoms with Gasteiger partial charge in [-0.2, -0.15) is 0 Å². The van der Waals surface area contributed by atoms with Gasteiger partial charge >= 0.3 is 11.9 Å². The first-order chi connectivity index (χ1) is 8.04. The minimum absolute atomic E-state index is 0.128. The molecule has 2 atom stereocenters. The molecule has 1 aliphatic carbocycles. The first-order valence-corrected chi connectivity index (χ1v) is 5.15. The van der Waals surface area contributed by atoms with E-state index in [1.54, 1.807) is 0 Å². The fourth-order valence-corrected chi connectivity index (χ4v) is 1.88. The highest BCUT2D eigenvalue weighted by Gasteiger charge is 2.44. The van der Waals surface area contributed by atoms with E-state index in [0.29, 0.717) is 12.0 Å². The molecule has 0 radical (unpaired) electrons. The summed E-state index contributed by atoms with van der Waals surface area (Å²) < 4.78 is 17.8. The van der Waals surface area contributed by atoms with Crippen LogP contribution in [0.5, 0.6) is 0 Å². The van der Waals surface area contributed by atoms with Gasteiger partial charge in [-0.1, -0.05) is 6.07 Å². The van der Waals surface area contributed by atoms with Gasteiger partial charge in [0.15, 0.2) is 0 Å². The van der Waals surface area contributed by atoms with Crippen LogP contribution in [0.3, 0.4) is 0 Å². The summed E-state index contributed by atoms with van der Waals surface area (Å²) in [4.78, 5) is 22.0. The molecular weight excluding hydrogens is 227 g/mol. The van der Waals surface area contributed by atoms with Crippen molar-refractivity contribution >= 4 is 11.9 Å². The van der Waals surface area contributed by atoms with Crippen LogP contribution >= 0.6 is 0 Å². The van der Waals surface area contributed by atoms with Gasteiger partial charge in [0, 0.05) is 0 Å². The SMILES string of the molecule is COC(=O)c1cc(C2CC2C(=O)O)ccc1F. The van der Waals surface area contributed by atoms with Gasteiger partial charge in [-0.25, -0.2) is 9.18 Å². The molecule has 0 heterocycles. The normalized spacial score (nSPS) is 22.0. The highest BCUT2D eigenvalue weighted by atomic mass is 19.1. The van der Waals surface area contributed by atoms with E-state index >= 15 is 0 Å². The minimum atomic E-state index is -0.862. The van der Waals surface area contributed by atoms with E-state index in [-0.39, 0.29) is 11.5 Å². The summed E-state index contributed by atoms with van der Waals surface area (Å²) >= 11 is 0. The lowest BCUT2D eigenvalue weighted by molar-refractivity contribution is -0.138. The Morgan fingerprint density at radius 2 is 2.18 bits per heavy atom. The van der Waals surface area contributed by atoms with Crippen LogP contribution in [0.4, 0.5) is 4.39 Å². The van der Waals surface area contributed by atoms with Crippen LogP contribution in [0.15, 0.2) is 18.2 Å². The summed E-state index contributed by atoms with van der Waals surface area (Å²) in [7, 11) is 1.17. The summed E-state index contributed by atoms with van der Waals surface area (Å²) in [6, 6.07) is 4.04. The van der Waals surface area contributed by atoms with Gasteiger partial charge in [0.25, 0.3) is 0 Å². The molecule has 0 aliphatic heterocycles. The van der Waals surface area contributed by atoms with Crippen molar-refractivity contribution in [3.63, 3.8) is 0 Å². The Hall–Kier alpha value is -1.91. The van der Waals surface area contributed by atoms with Crippen molar-refractivity contribution in [1.82, 2.24) is 0 Å². The molecule has 0 aromatic heterocycles. The van der Waals surface area contributed by atoms with Crippen LogP contribution in [0.2, 0.25) is 0 Å². The summed E-state index contributed by atoms with van der Waals surface area (Å²) in [6.45, 7) is 0. The van der Waals surface area contributed by atoms with E-state index in [1.807, 2.05) is 0 Å². The highest BCUT2D eigenvalue weighted by molar-refractivity contribution is 5.90. The molecule has 2 unspecified atom stereocenters. The predicted octanol–water partition coefficient (Wildman–Crippen LogP) is 1.80. The third-order valence-electron chi connectivity index (χ3n) is 2.93. The zero-order valence-electron chi connectivity index (χ0n) is 9.14. The monoisotopic (exact) mass is 238 g/mol. The summed E-state index contributed by atoms with van der Waals surface area (Å²) in [5, 5.41) is 8.80. The smallest absolute Gasteiger partial charge is 0.340 e. The van der Waals surface area contributed by atoms with Crippen LogP contribution in [-0.4, -0.2) is 24.2 Å². The number of carboxylic acid groups (broad SMARTS) is 1. The van der Waals surface area contributed by atoms with Gasteiger partial charge in [-0.05, 0) is 30.0 Å². The minimum Gasteiger partial charge on any atom is -0.481 e. The van der Waals surface area contributed by atoms with Crippen LogP contribution < -0.4 is 0 Å². The molecule has 1 aliphatic rings. The number of carbonyl (C=O) groups is 2. The van der Waals surface area contributed by atoms with Gasteiger partial charge in [0.2, 0.25) is 0 Å².